The lowest BCUT2D eigenvalue weighted by molar-refractivity contribution is 0.596. The van der Waals surface area contributed by atoms with E-state index in [1.54, 1.807) is 7.05 Å². The van der Waals surface area contributed by atoms with Crippen LogP contribution in [0.5, 0.6) is 0 Å². The van der Waals surface area contributed by atoms with Crippen LogP contribution >= 0.6 is 27.7 Å². The minimum absolute atomic E-state index is 0.435. The maximum absolute atomic E-state index is 11.4. The van der Waals surface area contributed by atoms with Gasteiger partial charge in [0.05, 0.1) is 0 Å². The van der Waals surface area contributed by atoms with Crippen LogP contribution in [0.2, 0.25) is 0 Å². The molecule has 20 heavy (non-hydrogen) atoms. The third-order valence-corrected chi connectivity index (χ3v) is 4.19. The topological polar surface area (TPSA) is 79.8 Å². The zero-order valence-corrected chi connectivity index (χ0v) is 13.3. The van der Waals surface area contributed by atoms with Gasteiger partial charge in [0, 0.05) is 23.0 Å². The zero-order chi connectivity index (χ0) is 14.7. The van der Waals surface area contributed by atoms with E-state index in [0.717, 1.165) is 14.9 Å². The summed E-state index contributed by atoms with van der Waals surface area (Å²) in [5.41, 5.74) is -0.418. The highest BCUT2D eigenvalue weighted by molar-refractivity contribution is 9.10. The molecule has 8 heteroatoms. The number of aromatic amines is 1. The van der Waals surface area contributed by atoms with Crippen molar-refractivity contribution in [2.24, 2.45) is 7.05 Å². The van der Waals surface area contributed by atoms with Crippen molar-refractivity contribution in [3.8, 4) is 0 Å². The van der Waals surface area contributed by atoms with Crippen molar-refractivity contribution in [2.75, 3.05) is 7.05 Å². The van der Waals surface area contributed by atoms with Crippen molar-refractivity contribution >= 4 is 27.7 Å². The molecule has 0 aliphatic heterocycles. The molecule has 0 aliphatic rings. The number of hydrogen-bond donors (Lipinski definition) is 2. The van der Waals surface area contributed by atoms with Crippen LogP contribution < -0.4 is 16.4 Å². The highest BCUT2D eigenvalue weighted by atomic mass is 79.9. The van der Waals surface area contributed by atoms with Crippen LogP contribution in [0, 0.1) is 0 Å². The molecule has 0 spiro atoms. The summed E-state index contributed by atoms with van der Waals surface area (Å²) in [6.45, 7) is 0.701. The summed E-state index contributed by atoms with van der Waals surface area (Å²) < 4.78 is 2.38. The molecule has 0 radical (unpaired) electrons. The normalized spacial score (nSPS) is 10.8. The number of H-pyrrole nitrogens is 1. The van der Waals surface area contributed by atoms with Gasteiger partial charge in [-0.1, -0.05) is 22.0 Å². The van der Waals surface area contributed by atoms with Gasteiger partial charge in [0.1, 0.15) is 0 Å². The van der Waals surface area contributed by atoms with E-state index in [-0.39, 0.29) is 0 Å². The van der Waals surface area contributed by atoms with E-state index in [1.165, 1.54) is 16.4 Å². The zero-order valence-electron chi connectivity index (χ0n) is 10.9. The third-order valence-electron chi connectivity index (χ3n) is 2.55. The molecule has 0 saturated carbocycles. The van der Waals surface area contributed by atoms with Crippen molar-refractivity contribution in [3.05, 3.63) is 48.9 Å². The molecule has 106 valence electrons. The largest absolute Gasteiger partial charge is 0.339 e. The number of aromatic nitrogens is 3. The van der Waals surface area contributed by atoms with Gasteiger partial charge in [-0.2, -0.15) is 4.98 Å². The standard InChI is InChI=1S/C12H13BrN4O2S/c1-14-6-7-3-4-8(13)5-9(7)20-12-15-10(18)11(19)16-17(12)2/h3-5,14H,6H2,1-2H3,(H,16,19). The first-order valence-corrected chi connectivity index (χ1v) is 7.40. The van der Waals surface area contributed by atoms with Gasteiger partial charge < -0.3 is 5.32 Å². The molecule has 1 aromatic heterocycles. The Morgan fingerprint density at radius 1 is 1.45 bits per heavy atom. The van der Waals surface area contributed by atoms with Gasteiger partial charge in [-0.25, -0.2) is 0 Å². The molecule has 2 N–H and O–H groups in total. The number of aryl methyl sites for hydroxylation is 1. The van der Waals surface area contributed by atoms with Crippen molar-refractivity contribution in [3.63, 3.8) is 0 Å². The fourth-order valence-corrected chi connectivity index (χ4v) is 3.09. The first-order valence-electron chi connectivity index (χ1n) is 5.79. The fourth-order valence-electron chi connectivity index (χ4n) is 1.61. The van der Waals surface area contributed by atoms with E-state index in [2.05, 4.69) is 31.3 Å². The summed E-state index contributed by atoms with van der Waals surface area (Å²) in [6.07, 6.45) is 0. The lowest BCUT2D eigenvalue weighted by Crippen LogP contribution is -2.33. The van der Waals surface area contributed by atoms with Gasteiger partial charge in [-0.15, -0.1) is 0 Å². The summed E-state index contributed by atoms with van der Waals surface area (Å²) in [6, 6.07) is 5.90. The van der Waals surface area contributed by atoms with Crippen LogP contribution in [0.4, 0.5) is 0 Å². The number of benzene rings is 1. The molecule has 0 amide bonds. The van der Waals surface area contributed by atoms with Gasteiger partial charge in [0.25, 0.3) is 0 Å². The second-order valence-electron chi connectivity index (χ2n) is 4.08. The Hall–Kier alpha value is -1.38. The van der Waals surface area contributed by atoms with E-state index in [1.807, 2.05) is 25.2 Å². The SMILES string of the molecule is CNCc1ccc(Br)cc1Sc1nc(=O)c(=O)[nH]n1C. The van der Waals surface area contributed by atoms with Crippen LogP contribution in [0.1, 0.15) is 5.56 Å². The molecular weight excluding hydrogens is 344 g/mol. The maximum Gasteiger partial charge on any atom is 0.339 e. The first-order chi connectivity index (χ1) is 9.51. The summed E-state index contributed by atoms with van der Waals surface area (Å²) in [7, 11) is 3.51. The highest BCUT2D eigenvalue weighted by Crippen LogP contribution is 2.30. The molecule has 1 aromatic carbocycles. The molecule has 0 aliphatic carbocycles. The average molecular weight is 357 g/mol. The van der Waals surface area contributed by atoms with Crippen molar-refractivity contribution in [1.82, 2.24) is 20.1 Å². The van der Waals surface area contributed by atoms with E-state index in [4.69, 9.17) is 0 Å². The molecule has 0 atom stereocenters. The van der Waals surface area contributed by atoms with E-state index in [9.17, 15) is 9.59 Å². The Morgan fingerprint density at radius 3 is 2.90 bits per heavy atom. The molecule has 0 saturated heterocycles. The Kier molecular flexibility index (Phi) is 4.79. The van der Waals surface area contributed by atoms with Crippen LogP contribution in [0.3, 0.4) is 0 Å². The van der Waals surface area contributed by atoms with Gasteiger partial charge in [-0.05, 0) is 36.5 Å². The lowest BCUT2D eigenvalue weighted by Gasteiger charge is -2.10. The molecule has 1 heterocycles. The number of hydrogen-bond acceptors (Lipinski definition) is 5. The van der Waals surface area contributed by atoms with Crippen LogP contribution in [-0.2, 0) is 13.6 Å². The summed E-state index contributed by atoms with van der Waals surface area (Å²) in [4.78, 5) is 27.3. The monoisotopic (exact) mass is 356 g/mol. The quantitative estimate of drug-likeness (QED) is 0.802. The van der Waals surface area contributed by atoms with Crippen LogP contribution in [0.25, 0.3) is 0 Å². The highest BCUT2D eigenvalue weighted by Gasteiger charge is 2.10. The van der Waals surface area contributed by atoms with Crippen molar-refractivity contribution < 1.29 is 0 Å². The molecule has 6 nitrogen and oxygen atoms in total. The lowest BCUT2D eigenvalue weighted by atomic mass is 10.2. The number of rotatable bonds is 4. The van der Waals surface area contributed by atoms with Crippen LogP contribution in [-0.4, -0.2) is 21.8 Å². The Bertz CT molecular complexity index is 741. The van der Waals surface area contributed by atoms with E-state index >= 15 is 0 Å². The second-order valence-corrected chi connectivity index (χ2v) is 6.01. The van der Waals surface area contributed by atoms with E-state index in [0.29, 0.717) is 11.7 Å². The maximum atomic E-state index is 11.4. The molecule has 0 bridgehead atoms. The fraction of sp³-hybridized carbons (Fsp3) is 0.250. The Labute approximate surface area is 127 Å². The number of nitrogens with zero attached hydrogens (tertiary/aromatic N) is 2. The predicted octanol–water partition coefficient (Wildman–Crippen LogP) is 1.10. The van der Waals surface area contributed by atoms with Crippen molar-refractivity contribution in [1.29, 1.82) is 0 Å². The molecule has 0 unspecified atom stereocenters. The minimum atomic E-state index is -0.782. The number of nitrogens with one attached hydrogen (secondary N) is 2. The molecule has 2 rings (SSSR count). The average Bonchev–Trinajstić information content (AvgIpc) is 2.39. The summed E-state index contributed by atoms with van der Waals surface area (Å²) >= 11 is 4.75. The molecular formula is C12H13BrN4O2S. The van der Waals surface area contributed by atoms with Gasteiger partial charge in [0.2, 0.25) is 0 Å². The van der Waals surface area contributed by atoms with Crippen LogP contribution in [0.15, 0.2) is 42.3 Å². The van der Waals surface area contributed by atoms with Gasteiger partial charge in [-0.3, -0.25) is 19.4 Å². The first kappa shape index (κ1) is 15.0. The second kappa shape index (κ2) is 6.38. The molecule has 0 fully saturated rings. The summed E-state index contributed by atoms with van der Waals surface area (Å²) in [5, 5.41) is 5.96. The van der Waals surface area contributed by atoms with Gasteiger partial charge >= 0.3 is 11.1 Å². The van der Waals surface area contributed by atoms with E-state index < -0.39 is 11.1 Å². The van der Waals surface area contributed by atoms with Crippen molar-refractivity contribution in [2.45, 2.75) is 16.6 Å². The predicted molar refractivity (Wildman–Crippen MR) is 81.1 cm³/mol. The summed E-state index contributed by atoms with van der Waals surface area (Å²) in [5.74, 6) is 0. The minimum Gasteiger partial charge on any atom is -0.316 e. The van der Waals surface area contributed by atoms with Gasteiger partial charge in [0.15, 0.2) is 5.16 Å². The Balaban J connectivity index is 2.44. The smallest absolute Gasteiger partial charge is 0.316 e. The Morgan fingerprint density at radius 2 is 2.20 bits per heavy atom. The number of halogens is 1. The molecule has 2 aromatic rings. The third kappa shape index (κ3) is 3.38.